The van der Waals surface area contributed by atoms with E-state index in [0.29, 0.717) is 47.2 Å². The second kappa shape index (κ2) is 11.6. The molecule has 0 bridgehead atoms. The number of amides is 1. The van der Waals surface area contributed by atoms with E-state index in [1.807, 2.05) is 18.3 Å². The van der Waals surface area contributed by atoms with Crippen LogP contribution in [0.2, 0.25) is 0 Å². The van der Waals surface area contributed by atoms with Gasteiger partial charge in [0.05, 0.1) is 17.2 Å². The van der Waals surface area contributed by atoms with Crippen LogP contribution >= 0.6 is 11.3 Å². The van der Waals surface area contributed by atoms with Gasteiger partial charge in [-0.25, -0.2) is 9.37 Å². The van der Waals surface area contributed by atoms with Gasteiger partial charge in [-0.2, -0.15) is 0 Å². The van der Waals surface area contributed by atoms with Crippen LogP contribution in [0, 0.1) is 5.82 Å². The molecule has 1 saturated heterocycles. The molecule has 1 unspecified atom stereocenters. The van der Waals surface area contributed by atoms with Crippen LogP contribution in [0.4, 0.5) is 21.6 Å². The second-order valence-electron chi connectivity index (χ2n) is 12.1. The lowest BCUT2D eigenvalue weighted by Crippen LogP contribution is -2.37. The number of fused-ring (bicyclic) bond motifs is 3. The first-order valence-electron chi connectivity index (χ1n) is 15.3. The van der Waals surface area contributed by atoms with E-state index < -0.39 is 12.4 Å². The SMILES string of the molecule is CN1CCCC1c1ccc(Nc2cc(-c3cc(F)cc(N4CCc5c(sc6c5CCCC6)C4=O)c3CO)cn(C)c2=O)nc1. The molecule has 1 atom stereocenters. The van der Waals surface area contributed by atoms with E-state index in [2.05, 4.69) is 22.2 Å². The summed E-state index contributed by atoms with van der Waals surface area (Å²) in [7, 11) is 3.75. The third kappa shape index (κ3) is 5.04. The van der Waals surface area contributed by atoms with Crippen LogP contribution in [0.15, 0.2) is 47.5 Å². The van der Waals surface area contributed by atoms with Crippen molar-refractivity contribution in [2.24, 2.45) is 7.05 Å². The molecule has 1 fully saturated rings. The summed E-state index contributed by atoms with van der Waals surface area (Å²) in [5, 5.41) is 13.8. The van der Waals surface area contributed by atoms with E-state index >= 15 is 4.39 Å². The molecule has 3 aromatic heterocycles. The van der Waals surface area contributed by atoms with E-state index in [-0.39, 0.29) is 17.2 Å². The van der Waals surface area contributed by atoms with Gasteiger partial charge < -0.3 is 19.9 Å². The Balaban J connectivity index is 1.23. The van der Waals surface area contributed by atoms with Gasteiger partial charge in [-0.3, -0.25) is 14.5 Å². The van der Waals surface area contributed by atoms with Crippen molar-refractivity contribution in [3.8, 4) is 11.1 Å². The molecule has 2 aliphatic heterocycles. The lowest BCUT2D eigenvalue weighted by Gasteiger charge is -2.30. The van der Waals surface area contributed by atoms with E-state index in [4.69, 9.17) is 0 Å². The first-order valence-corrected chi connectivity index (χ1v) is 16.2. The lowest BCUT2D eigenvalue weighted by molar-refractivity contribution is 0.0984. The number of hydrogen-bond donors (Lipinski definition) is 2. The van der Waals surface area contributed by atoms with Crippen LogP contribution < -0.4 is 15.8 Å². The van der Waals surface area contributed by atoms with Crippen LogP contribution in [0.25, 0.3) is 11.1 Å². The van der Waals surface area contributed by atoms with E-state index in [0.717, 1.165) is 61.1 Å². The molecule has 8 nitrogen and oxygen atoms in total. The number of hydrogen-bond acceptors (Lipinski definition) is 7. The van der Waals surface area contributed by atoms with Crippen LogP contribution in [0.1, 0.15) is 68.5 Å². The number of likely N-dealkylation sites (tertiary alicyclic amines) is 1. The molecule has 7 rings (SSSR count). The number of anilines is 3. The molecule has 4 aromatic rings. The third-order valence-electron chi connectivity index (χ3n) is 9.39. The van der Waals surface area contributed by atoms with Crippen LogP contribution in [-0.2, 0) is 32.9 Å². The summed E-state index contributed by atoms with van der Waals surface area (Å²) in [4.78, 5) is 37.5. The smallest absolute Gasteiger partial charge is 0.274 e. The number of rotatable bonds is 6. The average Bonchev–Trinajstić information content (AvgIpc) is 3.63. The Hall–Kier alpha value is -3.86. The van der Waals surface area contributed by atoms with Crippen molar-refractivity contribution in [2.45, 2.75) is 57.6 Å². The summed E-state index contributed by atoms with van der Waals surface area (Å²) in [5.74, 6) is -0.133. The van der Waals surface area contributed by atoms with Gasteiger partial charge in [0.2, 0.25) is 0 Å². The number of aryl methyl sites for hydroxylation is 2. The number of aromatic nitrogens is 2. The molecule has 0 saturated carbocycles. The zero-order chi connectivity index (χ0) is 30.5. The van der Waals surface area contributed by atoms with Crippen molar-refractivity contribution in [2.75, 3.05) is 30.4 Å². The highest BCUT2D eigenvalue weighted by Gasteiger charge is 2.33. The summed E-state index contributed by atoms with van der Waals surface area (Å²) in [6.45, 7) is 1.09. The Bertz CT molecular complexity index is 1820. The summed E-state index contributed by atoms with van der Waals surface area (Å²) >= 11 is 1.57. The van der Waals surface area contributed by atoms with Crippen LogP contribution in [0.3, 0.4) is 0 Å². The molecule has 10 heteroatoms. The van der Waals surface area contributed by atoms with Crippen molar-refractivity contribution in [1.82, 2.24) is 14.5 Å². The predicted octanol–water partition coefficient (Wildman–Crippen LogP) is 5.73. The third-order valence-corrected chi connectivity index (χ3v) is 10.7. The topological polar surface area (TPSA) is 90.7 Å². The van der Waals surface area contributed by atoms with Gasteiger partial charge in [0.15, 0.2) is 0 Å². The van der Waals surface area contributed by atoms with Crippen LogP contribution in [-0.4, -0.2) is 45.6 Å². The van der Waals surface area contributed by atoms with E-state index in [1.54, 1.807) is 35.5 Å². The Kier molecular flexibility index (Phi) is 7.60. The Morgan fingerprint density at radius 3 is 2.64 bits per heavy atom. The number of thiophene rings is 1. The maximum atomic E-state index is 15.3. The molecule has 1 aliphatic carbocycles. The first-order chi connectivity index (χ1) is 21.3. The molecule has 5 heterocycles. The zero-order valence-electron chi connectivity index (χ0n) is 25.0. The fraction of sp³-hybridized carbons (Fsp3) is 0.382. The van der Waals surface area contributed by atoms with Crippen molar-refractivity contribution < 1.29 is 14.3 Å². The van der Waals surface area contributed by atoms with Crippen molar-refractivity contribution in [3.63, 3.8) is 0 Å². The number of pyridine rings is 2. The van der Waals surface area contributed by atoms with Gasteiger partial charge in [-0.1, -0.05) is 6.07 Å². The summed E-state index contributed by atoms with van der Waals surface area (Å²) in [5.41, 5.74) is 5.42. The number of nitrogens with one attached hydrogen (secondary N) is 1. The number of aliphatic hydroxyl groups is 1. The second-order valence-corrected chi connectivity index (χ2v) is 13.2. The Labute approximate surface area is 259 Å². The Morgan fingerprint density at radius 1 is 1.05 bits per heavy atom. The molecule has 1 amide bonds. The van der Waals surface area contributed by atoms with Gasteiger partial charge in [0, 0.05) is 48.0 Å². The standard InChI is InChI=1S/C34H36FN5O3S/c1-38-12-5-7-28(38)20-9-10-31(36-17-20)37-27-14-21(18-39(2)33(27)42)25-15-22(35)16-29(26(25)19-41)40-13-11-24-23-6-3-4-8-30(23)44-32(24)34(40)43/h9-10,14-18,28,41H,3-8,11-13,19H2,1-2H3,(H,36,37). The van der Waals surface area contributed by atoms with Gasteiger partial charge in [0.1, 0.15) is 17.3 Å². The van der Waals surface area contributed by atoms with Gasteiger partial charge >= 0.3 is 0 Å². The molecular formula is C34H36FN5O3S. The maximum absolute atomic E-state index is 15.3. The minimum atomic E-state index is -0.520. The van der Waals surface area contributed by atoms with Crippen molar-refractivity contribution in [1.29, 1.82) is 0 Å². The number of benzene rings is 1. The molecule has 2 N–H and O–H groups in total. The molecule has 228 valence electrons. The number of nitrogens with zero attached hydrogens (tertiary/aromatic N) is 4. The molecule has 1 aromatic carbocycles. The minimum Gasteiger partial charge on any atom is -0.392 e. The van der Waals surface area contributed by atoms with E-state index in [1.165, 1.54) is 27.1 Å². The summed E-state index contributed by atoms with van der Waals surface area (Å²) in [6.07, 6.45) is 10.7. The summed E-state index contributed by atoms with van der Waals surface area (Å²) in [6, 6.07) is 8.59. The number of carbonyl (C=O) groups is 1. The maximum Gasteiger partial charge on any atom is 0.274 e. The normalized spacial score (nSPS) is 18.4. The molecule has 0 radical (unpaired) electrons. The monoisotopic (exact) mass is 613 g/mol. The zero-order valence-corrected chi connectivity index (χ0v) is 25.8. The quantitative estimate of drug-likeness (QED) is 0.289. The fourth-order valence-electron chi connectivity index (χ4n) is 7.13. The highest BCUT2D eigenvalue weighted by atomic mass is 32.1. The molecular weight excluding hydrogens is 577 g/mol. The highest BCUT2D eigenvalue weighted by Crippen LogP contribution is 2.41. The number of carbonyl (C=O) groups excluding carboxylic acids is 1. The van der Waals surface area contributed by atoms with Crippen molar-refractivity contribution in [3.05, 3.63) is 90.9 Å². The van der Waals surface area contributed by atoms with Crippen LogP contribution in [0.5, 0.6) is 0 Å². The molecule has 0 spiro atoms. The average molecular weight is 614 g/mol. The minimum absolute atomic E-state index is 0.141. The number of halogens is 1. The summed E-state index contributed by atoms with van der Waals surface area (Å²) < 4.78 is 16.7. The van der Waals surface area contributed by atoms with Gasteiger partial charge in [0.25, 0.3) is 11.5 Å². The van der Waals surface area contributed by atoms with Crippen molar-refractivity contribution >= 4 is 34.4 Å². The molecule has 44 heavy (non-hydrogen) atoms. The van der Waals surface area contributed by atoms with Gasteiger partial charge in [-0.15, -0.1) is 11.3 Å². The molecule has 3 aliphatic rings. The predicted molar refractivity (Wildman–Crippen MR) is 171 cm³/mol. The highest BCUT2D eigenvalue weighted by molar-refractivity contribution is 7.14. The lowest BCUT2D eigenvalue weighted by atomic mass is 9.91. The first kappa shape index (κ1) is 28.9. The van der Waals surface area contributed by atoms with E-state index in [9.17, 15) is 14.7 Å². The number of aliphatic hydroxyl groups excluding tert-OH is 1. The van der Waals surface area contributed by atoms with Gasteiger partial charge in [-0.05, 0) is 105 Å². The Morgan fingerprint density at radius 2 is 1.89 bits per heavy atom. The largest absolute Gasteiger partial charge is 0.392 e. The fourth-order valence-corrected chi connectivity index (χ4v) is 8.51.